The molecule has 0 aliphatic rings. The minimum Gasteiger partial charge on any atom is -0.275 e. The molecule has 0 aliphatic heterocycles. The molecule has 1 heterocycles. The number of nitrogens with zero attached hydrogens (tertiary/aromatic N) is 2. The molecule has 2 N–H and O–H groups in total. The van der Waals surface area contributed by atoms with Gasteiger partial charge in [-0.25, -0.2) is 9.49 Å². The van der Waals surface area contributed by atoms with Gasteiger partial charge < -0.3 is 0 Å². The van der Waals surface area contributed by atoms with Gasteiger partial charge >= 0.3 is 0 Å². The Morgan fingerprint density at radius 1 is 1.45 bits per heavy atom. The van der Waals surface area contributed by atoms with Crippen molar-refractivity contribution < 1.29 is 4.39 Å². The standard InChI is InChI=1S/C13H12ClFN4O/c1-2-10(8-3-5-9(15)6-4-8)17-18-11-7-16-19-13(20)12(11)14/h3-7H,2H2,1H3,(H2,18,19,20)/b17-10-. The molecule has 0 spiro atoms. The number of benzene rings is 1. The number of rotatable bonds is 4. The lowest BCUT2D eigenvalue weighted by Crippen LogP contribution is -2.11. The molecule has 2 aromatic rings. The number of nitrogens with one attached hydrogen (secondary N) is 2. The maximum atomic E-state index is 12.9. The zero-order valence-corrected chi connectivity index (χ0v) is 11.4. The summed E-state index contributed by atoms with van der Waals surface area (Å²) in [7, 11) is 0. The molecule has 0 saturated heterocycles. The molecule has 0 atom stereocenters. The average molecular weight is 295 g/mol. The van der Waals surface area contributed by atoms with Gasteiger partial charge in [-0.3, -0.25) is 10.2 Å². The summed E-state index contributed by atoms with van der Waals surface area (Å²) in [5, 5.41) is 10.0. The lowest BCUT2D eigenvalue weighted by Gasteiger charge is -2.06. The van der Waals surface area contributed by atoms with Crippen LogP contribution in [0.3, 0.4) is 0 Å². The van der Waals surface area contributed by atoms with Gasteiger partial charge in [0.15, 0.2) is 0 Å². The molecule has 0 amide bonds. The third-order valence-corrected chi connectivity index (χ3v) is 2.99. The number of halogens is 2. The molecular formula is C13H12ClFN4O. The van der Waals surface area contributed by atoms with E-state index in [0.29, 0.717) is 17.8 Å². The Hall–Kier alpha value is -2.21. The summed E-state index contributed by atoms with van der Waals surface area (Å²) in [5.74, 6) is -0.306. The zero-order chi connectivity index (χ0) is 14.5. The van der Waals surface area contributed by atoms with Crippen LogP contribution in [0, 0.1) is 5.82 Å². The Labute approximate surface area is 119 Å². The summed E-state index contributed by atoms with van der Waals surface area (Å²) >= 11 is 5.82. The first kappa shape index (κ1) is 14.2. The van der Waals surface area contributed by atoms with Crippen LogP contribution in [0.1, 0.15) is 18.9 Å². The van der Waals surface area contributed by atoms with Crippen LogP contribution in [0.2, 0.25) is 5.02 Å². The van der Waals surface area contributed by atoms with Gasteiger partial charge in [-0.15, -0.1) is 0 Å². The van der Waals surface area contributed by atoms with Crippen molar-refractivity contribution in [3.8, 4) is 0 Å². The SMILES string of the molecule is CC/C(=N/Nc1cn[nH]c(=O)c1Cl)c1ccc(F)cc1. The smallest absolute Gasteiger partial charge is 0.275 e. The molecule has 5 nitrogen and oxygen atoms in total. The van der Waals surface area contributed by atoms with E-state index in [-0.39, 0.29) is 10.8 Å². The fourth-order valence-electron chi connectivity index (χ4n) is 1.58. The van der Waals surface area contributed by atoms with Crippen LogP contribution < -0.4 is 11.0 Å². The van der Waals surface area contributed by atoms with Crippen LogP contribution in [-0.4, -0.2) is 15.9 Å². The summed E-state index contributed by atoms with van der Waals surface area (Å²) in [6.45, 7) is 1.92. The van der Waals surface area contributed by atoms with Crippen molar-refractivity contribution in [3.05, 3.63) is 57.2 Å². The van der Waals surface area contributed by atoms with Gasteiger partial charge in [-0.05, 0) is 24.1 Å². The van der Waals surface area contributed by atoms with Gasteiger partial charge in [0.05, 0.1) is 11.9 Å². The maximum absolute atomic E-state index is 12.9. The molecule has 1 aromatic heterocycles. The summed E-state index contributed by atoms with van der Waals surface area (Å²) < 4.78 is 12.9. The number of hydrogen-bond donors (Lipinski definition) is 2. The van der Waals surface area contributed by atoms with Crippen LogP contribution in [-0.2, 0) is 0 Å². The first-order valence-electron chi connectivity index (χ1n) is 5.93. The van der Waals surface area contributed by atoms with E-state index in [9.17, 15) is 9.18 Å². The van der Waals surface area contributed by atoms with E-state index < -0.39 is 5.56 Å². The summed E-state index contributed by atoms with van der Waals surface area (Å²) in [4.78, 5) is 11.3. The minimum atomic E-state index is -0.494. The number of hydrazone groups is 1. The van der Waals surface area contributed by atoms with Gasteiger partial charge in [-0.2, -0.15) is 10.2 Å². The predicted octanol–water partition coefficient (Wildman–Crippen LogP) is 2.79. The fraction of sp³-hybridized carbons (Fsp3) is 0.154. The molecule has 0 aliphatic carbocycles. The monoisotopic (exact) mass is 294 g/mol. The Kier molecular flexibility index (Phi) is 4.47. The molecule has 0 fully saturated rings. The Morgan fingerprint density at radius 3 is 2.80 bits per heavy atom. The minimum absolute atomic E-state index is 0.0155. The number of aromatic amines is 1. The highest BCUT2D eigenvalue weighted by molar-refractivity contribution is 6.32. The van der Waals surface area contributed by atoms with Crippen LogP contribution >= 0.6 is 11.6 Å². The molecule has 104 valence electrons. The predicted molar refractivity (Wildman–Crippen MR) is 76.7 cm³/mol. The van der Waals surface area contributed by atoms with Crippen molar-refractivity contribution in [1.82, 2.24) is 10.2 Å². The van der Waals surface area contributed by atoms with E-state index in [2.05, 4.69) is 20.7 Å². The number of H-pyrrole nitrogens is 1. The highest BCUT2D eigenvalue weighted by Crippen LogP contribution is 2.15. The second-order valence-corrected chi connectivity index (χ2v) is 4.34. The molecule has 0 radical (unpaired) electrons. The van der Waals surface area contributed by atoms with E-state index in [1.54, 1.807) is 12.1 Å². The molecule has 2 rings (SSSR count). The molecule has 20 heavy (non-hydrogen) atoms. The maximum Gasteiger partial charge on any atom is 0.285 e. The molecule has 0 bridgehead atoms. The average Bonchev–Trinajstić information content (AvgIpc) is 2.45. The van der Waals surface area contributed by atoms with Crippen molar-refractivity contribution in [2.45, 2.75) is 13.3 Å². The summed E-state index contributed by atoms with van der Waals surface area (Å²) in [5.41, 5.74) is 4.01. The van der Waals surface area contributed by atoms with Crippen molar-refractivity contribution in [1.29, 1.82) is 0 Å². The highest BCUT2D eigenvalue weighted by Gasteiger charge is 2.05. The number of anilines is 1. The Balaban J connectivity index is 2.26. The van der Waals surface area contributed by atoms with E-state index in [1.165, 1.54) is 18.3 Å². The largest absolute Gasteiger partial charge is 0.285 e. The third kappa shape index (κ3) is 3.21. The second kappa shape index (κ2) is 6.29. The topological polar surface area (TPSA) is 70.1 Å². The van der Waals surface area contributed by atoms with Crippen LogP contribution in [0.15, 0.2) is 40.4 Å². The lowest BCUT2D eigenvalue weighted by molar-refractivity contribution is 0.627. The normalized spacial score (nSPS) is 11.4. The van der Waals surface area contributed by atoms with E-state index in [4.69, 9.17) is 11.6 Å². The van der Waals surface area contributed by atoms with Gasteiger partial charge in [-0.1, -0.05) is 30.7 Å². The lowest BCUT2D eigenvalue weighted by atomic mass is 10.1. The second-order valence-electron chi connectivity index (χ2n) is 3.96. The summed E-state index contributed by atoms with van der Waals surface area (Å²) in [6, 6.07) is 6.00. The van der Waals surface area contributed by atoms with Crippen LogP contribution in [0.25, 0.3) is 0 Å². The Morgan fingerprint density at radius 2 is 2.15 bits per heavy atom. The zero-order valence-electron chi connectivity index (χ0n) is 10.7. The third-order valence-electron chi connectivity index (χ3n) is 2.62. The van der Waals surface area contributed by atoms with Gasteiger partial charge in [0.25, 0.3) is 5.56 Å². The first-order valence-corrected chi connectivity index (χ1v) is 6.31. The van der Waals surface area contributed by atoms with E-state index >= 15 is 0 Å². The first-order chi connectivity index (χ1) is 9.61. The molecule has 1 aromatic carbocycles. The number of aromatic nitrogens is 2. The number of hydrogen-bond acceptors (Lipinski definition) is 4. The van der Waals surface area contributed by atoms with Crippen molar-refractivity contribution in [3.63, 3.8) is 0 Å². The van der Waals surface area contributed by atoms with E-state index in [0.717, 1.165) is 5.56 Å². The fourth-order valence-corrected chi connectivity index (χ4v) is 1.71. The van der Waals surface area contributed by atoms with Crippen molar-refractivity contribution in [2.75, 3.05) is 5.43 Å². The van der Waals surface area contributed by atoms with Crippen molar-refractivity contribution >= 4 is 23.0 Å². The molecule has 0 saturated carbocycles. The van der Waals surface area contributed by atoms with Crippen molar-refractivity contribution in [2.24, 2.45) is 5.10 Å². The Bertz CT molecular complexity index is 682. The molecule has 7 heteroatoms. The quantitative estimate of drug-likeness (QED) is 0.673. The molecular weight excluding hydrogens is 283 g/mol. The van der Waals surface area contributed by atoms with Crippen LogP contribution in [0.5, 0.6) is 0 Å². The van der Waals surface area contributed by atoms with E-state index in [1.807, 2.05) is 6.92 Å². The highest BCUT2D eigenvalue weighted by atomic mass is 35.5. The van der Waals surface area contributed by atoms with Gasteiger partial charge in [0, 0.05) is 0 Å². The van der Waals surface area contributed by atoms with Crippen LogP contribution in [0.4, 0.5) is 10.1 Å². The van der Waals surface area contributed by atoms with Gasteiger partial charge in [0.1, 0.15) is 16.5 Å². The summed E-state index contributed by atoms with van der Waals surface area (Å²) in [6.07, 6.45) is 2.00. The van der Waals surface area contributed by atoms with Gasteiger partial charge in [0.2, 0.25) is 0 Å². The molecule has 0 unspecified atom stereocenters.